The molecule has 0 saturated carbocycles. The van der Waals surface area contributed by atoms with Gasteiger partial charge in [-0.05, 0) is 32.9 Å². The van der Waals surface area contributed by atoms with Crippen molar-refractivity contribution >= 4 is 6.09 Å². The first-order valence-corrected chi connectivity index (χ1v) is 5.75. The van der Waals surface area contributed by atoms with Gasteiger partial charge in [-0.1, -0.05) is 11.8 Å². The van der Waals surface area contributed by atoms with Gasteiger partial charge in [-0.2, -0.15) is 0 Å². The summed E-state index contributed by atoms with van der Waals surface area (Å²) in [5, 5.41) is 21.1. The Kier molecular flexibility index (Phi) is 4.65. The first kappa shape index (κ1) is 14.7. The second-order valence-electron chi connectivity index (χ2n) is 4.86. The molecular weight excluding hydrogens is 246 g/mol. The maximum atomic E-state index is 11.3. The molecule has 0 radical (unpaired) electrons. The number of rotatable bonds is 1. The Morgan fingerprint density at radius 1 is 1.37 bits per heavy atom. The lowest BCUT2D eigenvalue weighted by Gasteiger charge is -2.18. The molecule has 5 nitrogen and oxygen atoms in total. The molecule has 5 heteroatoms. The Morgan fingerprint density at radius 3 is 2.63 bits per heavy atom. The van der Waals surface area contributed by atoms with Crippen LogP contribution in [0, 0.1) is 11.8 Å². The summed E-state index contributed by atoms with van der Waals surface area (Å²) in [5.41, 5.74) is -0.170. The number of aromatic hydroxyl groups is 2. The van der Waals surface area contributed by atoms with Crippen molar-refractivity contribution in [1.29, 1.82) is 0 Å². The number of phenols is 2. The van der Waals surface area contributed by atoms with Crippen LogP contribution in [0.15, 0.2) is 18.2 Å². The Bertz CT molecular complexity index is 520. The summed E-state index contributed by atoms with van der Waals surface area (Å²) in [5.74, 6) is 5.21. The first-order chi connectivity index (χ1) is 8.78. The molecule has 1 aromatic rings. The number of hydrogen-bond acceptors (Lipinski definition) is 4. The van der Waals surface area contributed by atoms with Crippen LogP contribution in [0.3, 0.4) is 0 Å². The van der Waals surface area contributed by atoms with Crippen molar-refractivity contribution in [2.75, 3.05) is 6.54 Å². The second kappa shape index (κ2) is 6.01. The van der Waals surface area contributed by atoms with E-state index in [1.165, 1.54) is 18.2 Å². The molecule has 102 valence electrons. The third kappa shape index (κ3) is 5.68. The minimum Gasteiger partial charge on any atom is -0.508 e. The average molecular weight is 263 g/mol. The van der Waals surface area contributed by atoms with Crippen LogP contribution >= 0.6 is 0 Å². The number of ether oxygens (including phenoxy) is 1. The van der Waals surface area contributed by atoms with Crippen molar-refractivity contribution in [2.45, 2.75) is 26.4 Å². The lowest BCUT2D eigenvalue weighted by Crippen LogP contribution is -2.32. The Hall–Kier alpha value is -2.35. The minimum atomic E-state index is -0.549. The van der Waals surface area contributed by atoms with Crippen LogP contribution in [0.2, 0.25) is 0 Å². The van der Waals surface area contributed by atoms with Gasteiger partial charge in [0.15, 0.2) is 0 Å². The van der Waals surface area contributed by atoms with E-state index in [1.54, 1.807) is 20.8 Å². The van der Waals surface area contributed by atoms with Gasteiger partial charge in [-0.15, -0.1) is 0 Å². The Morgan fingerprint density at radius 2 is 2.05 bits per heavy atom. The molecule has 0 atom stereocenters. The number of carbonyl (C=O) groups is 1. The number of benzene rings is 1. The fourth-order valence-corrected chi connectivity index (χ4v) is 1.20. The summed E-state index contributed by atoms with van der Waals surface area (Å²) in [7, 11) is 0. The smallest absolute Gasteiger partial charge is 0.408 e. The molecule has 0 saturated heterocycles. The van der Waals surface area contributed by atoms with Gasteiger partial charge in [-0.3, -0.25) is 0 Å². The Labute approximate surface area is 112 Å². The molecule has 0 unspecified atom stereocenters. The number of carbonyl (C=O) groups excluding carboxylic acids is 1. The standard InChI is InChI=1S/C14H17NO4/c1-14(2,3)19-13(18)15-8-4-5-10-6-7-11(16)9-12(10)17/h6-7,9,16-17H,8H2,1-3H3,(H,15,18). The molecule has 0 aromatic heterocycles. The molecule has 0 aliphatic carbocycles. The summed E-state index contributed by atoms with van der Waals surface area (Å²) < 4.78 is 5.03. The van der Waals surface area contributed by atoms with Crippen LogP contribution in [0.5, 0.6) is 11.5 Å². The molecule has 1 amide bonds. The first-order valence-electron chi connectivity index (χ1n) is 5.75. The van der Waals surface area contributed by atoms with Crippen LogP contribution in [0.1, 0.15) is 26.3 Å². The number of hydrogen-bond donors (Lipinski definition) is 3. The third-order valence-corrected chi connectivity index (χ3v) is 1.92. The van der Waals surface area contributed by atoms with Gasteiger partial charge in [0.2, 0.25) is 0 Å². The monoisotopic (exact) mass is 263 g/mol. The predicted molar refractivity (Wildman–Crippen MR) is 70.9 cm³/mol. The van der Waals surface area contributed by atoms with Gasteiger partial charge in [0, 0.05) is 6.07 Å². The zero-order valence-corrected chi connectivity index (χ0v) is 11.2. The summed E-state index contributed by atoms with van der Waals surface area (Å²) in [6, 6.07) is 4.11. The van der Waals surface area contributed by atoms with E-state index >= 15 is 0 Å². The van der Waals surface area contributed by atoms with E-state index in [1.807, 2.05) is 0 Å². The van der Waals surface area contributed by atoms with Gasteiger partial charge >= 0.3 is 6.09 Å². The van der Waals surface area contributed by atoms with Gasteiger partial charge in [-0.25, -0.2) is 4.79 Å². The highest BCUT2D eigenvalue weighted by Gasteiger charge is 2.14. The summed E-state index contributed by atoms with van der Waals surface area (Å²) >= 11 is 0. The molecule has 3 N–H and O–H groups in total. The zero-order valence-electron chi connectivity index (χ0n) is 11.2. The normalized spacial score (nSPS) is 10.3. The third-order valence-electron chi connectivity index (χ3n) is 1.92. The molecule has 0 bridgehead atoms. The fraction of sp³-hybridized carbons (Fsp3) is 0.357. The molecule has 1 rings (SSSR count). The quantitative estimate of drug-likeness (QED) is 0.677. The van der Waals surface area contributed by atoms with Gasteiger partial charge < -0.3 is 20.3 Å². The largest absolute Gasteiger partial charge is 0.508 e. The van der Waals surface area contributed by atoms with Gasteiger partial charge in [0.05, 0.1) is 12.1 Å². The Balaban J connectivity index is 2.50. The second-order valence-corrected chi connectivity index (χ2v) is 4.86. The molecule has 19 heavy (non-hydrogen) atoms. The summed E-state index contributed by atoms with van der Waals surface area (Å²) in [6.45, 7) is 5.42. The van der Waals surface area contributed by atoms with Crippen LogP contribution in [-0.2, 0) is 4.74 Å². The molecule has 0 heterocycles. The molecule has 1 aromatic carbocycles. The van der Waals surface area contributed by atoms with E-state index in [0.29, 0.717) is 5.56 Å². The van der Waals surface area contributed by atoms with Crippen molar-refractivity contribution in [3.8, 4) is 23.3 Å². The number of alkyl carbamates (subject to hydrolysis) is 1. The van der Waals surface area contributed by atoms with E-state index in [9.17, 15) is 9.90 Å². The van der Waals surface area contributed by atoms with Crippen LogP contribution in [0.4, 0.5) is 4.79 Å². The SMILES string of the molecule is CC(C)(C)OC(=O)NCC#Cc1ccc(O)cc1O. The maximum Gasteiger partial charge on any atom is 0.408 e. The lowest BCUT2D eigenvalue weighted by atomic mass is 10.2. The molecule has 0 fully saturated rings. The van der Waals surface area contributed by atoms with Gasteiger partial charge in [0.1, 0.15) is 17.1 Å². The molecule has 0 spiro atoms. The van der Waals surface area contributed by atoms with E-state index in [-0.39, 0.29) is 18.0 Å². The fourth-order valence-electron chi connectivity index (χ4n) is 1.20. The predicted octanol–water partition coefficient (Wildman–Crippen LogP) is 1.97. The topological polar surface area (TPSA) is 78.8 Å². The van der Waals surface area contributed by atoms with Crippen molar-refractivity contribution < 1.29 is 19.7 Å². The van der Waals surface area contributed by atoms with Crippen molar-refractivity contribution in [1.82, 2.24) is 5.32 Å². The molecule has 0 aliphatic rings. The van der Waals surface area contributed by atoms with Crippen LogP contribution in [0.25, 0.3) is 0 Å². The maximum absolute atomic E-state index is 11.3. The highest BCUT2D eigenvalue weighted by atomic mass is 16.6. The number of phenolic OH excluding ortho intramolecular Hbond substituents is 2. The minimum absolute atomic E-state index is 0.0325. The van der Waals surface area contributed by atoms with E-state index in [0.717, 1.165) is 0 Å². The zero-order chi connectivity index (χ0) is 14.5. The van der Waals surface area contributed by atoms with Crippen LogP contribution in [-0.4, -0.2) is 28.5 Å². The molecule has 0 aliphatic heterocycles. The number of amides is 1. The van der Waals surface area contributed by atoms with Gasteiger partial charge in [0.25, 0.3) is 0 Å². The highest BCUT2D eigenvalue weighted by Crippen LogP contribution is 2.21. The van der Waals surface area contributed by atoms with E-state index in [2.05, 4.69) is 17.2 Å². The van der Waals surface area contributed by atoms with Crippen molar-refractivity contribution in [3.05, 3.63) is 23.8 Å². The van der Waals surface area contributed by atoms with E-state index < -0.39 is 11.7 Å². The summed E-state index contributed by atoms with van der Waals surface area (Å²) in [6.07, 6.45) is -0.545. The lowest BCUT2D eigenvalue weighted by molar-refractivity contribution is 0.0535. The molecular formula is C14H17NO4. The average Bonchev–Trinajstić information content (AvgIpc) is 2.24. The van der Waals surface area contributed by atoms with Crippen molar-refractivity contribution in [2.24, 2.45) is 0 Å². The van der Waals surface area contributed by atoms with Crippen molar-refractivity contribution in [3.63, 3.8) is 0 Å². The summed E-state index contributed by atoms with van der Waals surface area (Å²) in [4.78, 5) is 11.3. The number of nitrogens with one attached hydrogen (secondary N) is 1. The van der Waals surface area contributed by atoms with E-state index in [4.69, 9.17) is 9.84 Å². The van der Waals surface area contributed by atoms with Crippen LogP contribution < -0.4 is 5.32 Å². The highest BCUT2D eigenvalue weighted by molar-refractivity contribution is 5.68.